The summed E-state index contributed by atoms with van der Waals surface area (Å²) in [7, 11) is 0. The van der Waals surface area contributed by atoms with Crippen LogP contribution in [-0.4, -0.2) is 28.5 Å². The quantitative estimate of drug-likeness (QED) is 0.849. The fourth-order valence-electron chi connectivity index (χ4n) is 3.30. The van der Waals surface area contributed by atoms with Crippen molar-refractivity contribution in [3.63, 3.8) is 0 Å². The molecule has 5 heteroatoms. The number of nitrogens with zero attached hydrogens (tertiary/aromatic N) is 1. The van der Waals surface area contributed by atoms with Crippen molar-refractivity contribution >= 4 is 11.9 Å². The summed E-state index contributed by atoms with van der Waals surface area (Å²) >= 11 is 0. The van der Waals surface area contributed by atoms with Gasteiger partial charge in [-0.3, -0.25) is 9.78 Å². The van der Waals surface area contributed by atoms with E-state index in [0.29, 0.717) is 25.3 Å². The average Bonchev–Trinajstić information content (AvgIpc) is 2.65. The van der Waals surface area contributed by atoms with E-state index in [1.165, 1.54) is 5.56 Å². The van der Waals surface area contributed by atoms with E-state index in [2.05, 4.69) is 16.4 Å². The third-order valence-corrected chi connectivity index (χ3v) is 4.70. The zero-order valence-electron chi connectivity index (χ0n) is 14.1. The van der Waals surface area contributed by atoms with Crippen molar-refractivity contribution in [1.82, 2.24) is 10.3 Å². The molecule has 0 aliphatic heterocycles. The van der Waals surface area contributed by atoms with E-state index in [4.69, 9.17) is 5.11 Å². The van der Waals surface area contributed by atoms with Crippen LogP contribution in [0.2, 0.25) is 0 Å². The Kier molecular flexibility index (Phi) is 5.43. The number of pyridine rings is 1. The maximum Gasteiger partial charge on any atom is 0.335 e. The zero-order chi connectivity index (χ0) is 17.6. The molecule has 1 aliphatic carbocycles. The molecule has 0 saturated carbocycles. The Morgan fingerprint density at radius 1 is 1.20 bits per heavy atom. The standard InChI is InChI=1S/C20H22N2O3/c23-18(11-8-14-6-9-16(10-7-14)20(24)25)22-13-17-4-1-3-15-5-2-12-21-19(15)17/h2,5-7,9-10,12,17H,1,3-4,8,11,13H2,(H,22,23)(H,24,25). The fraction of sp³-hybridized carbons (Fsp3) is 0.350. The minimum Gasteiger partial charge on any atom is -0.478 e. The number of carbonyl (C=O) groups is 2. The SMILES string of the molecule is O=C(CCc1ccc(C(=O)O)cc1)NCC1CCCc2cccnc21. The Morgan fingerprint density at radius 2 is 2.00 bits per heavy atom. The number of benzene rings is 1. The third kappa shape index (κ3) is 4.44. The van der Waals surface area contributed by atoms with Gasteiger partial charge >= 0.3 is 5.97 Å². The van der Waals surface area contributed by atoms with E-state index in [0.717, 1.165) is 30.5 Å². The molecule has 1 aromatic carbocycles. The van der Waals surface area contributed by atoms with Crippen LogP contribution in [0.5, 0.6) is 0 Å². The van der Waals surface area contributed by atoms with E-state index in [1.54, 1.807) is 24.3 Å². The molecule has 1 heterocycles. The molecule has 130 valence electrons. The van der Waals surface area contributed by atoms with Gasteiger partial charge in [0.25, 0.3) is 0 Å². The average molecular weight is 338 g/mol. The van der Waals surface area contributed by atoms with E-state index in [9.17, 15) is 9.59 Å². The minimum absolute atomic E-state index is 0.0189. The zero-order valence-corrected chi connectivity index (χ0v) is 14.1. The fourth-order valence-corrected chi connectivity index (χ4v) is 3.30. The van der Waals surface area contributed by atoms with Crippen LogP contribution >= 0.6 is 0 Å². The van der Waals surface area contributed by atoms with E-state index in [1.807, 2.05) is 12.3 Å². The largest absolute Gasteiger partial charge is 0.478 e. The van der Waals surface area contributed by atoms with Crippen LogP contribution in [0.4, 0.5) is 0 Å². The van der Waals surface area contributed by atoms with Crippen LogP contribution in [0, 0.1) is 0 Å². The number of aryl methyl sites for hydroxylation is 2. The molecule has 3 rings (SSSR count). The number of aromatic nitrogens is 1. The predicted molar refractivity (Wildman–Crippen MR) is 94.6 cm³/mol. The topological polar surface area (TPSA) is 79.3 Å². The Labute approximate surface area is 147 Å². The molecule has 0 spiro atoms. The lowest BCUT2D eigenvalue weighted by Gasteiger charge is -2.24. The van der Waals surface area contributed by atoms with E-state index >= 15 is 0 Å². The number of carbonyl (C=O) groups excluding carboxylic acids is 1. The van der Waals surface area contributed by atoms with Gasteiger partial charge in [0.1, 0.15) is 0 Å². The number of nitrogens with one attached hydrogen (secondary N) is 1. The van der Waals surface area contributed by atoms with Gasteiger partial charge in [0.2, 0.25) is 5.91 Å². The highest BCUT2D eigenvalue weighted by atomic mass is 16.4. The van der Waals surface area contributed by atoms with Crippen molar-refractivity contribution in [3.8, 4) is 0 Å². The maximum atomic E-state index is 12.1. The van der Waals surface area contributed by atoms with Crippen molar-refractivity contribution < 1.29 is 14.7 Å². The van der Waals surface area contributed by atoms with Gasteiger partial charge in [0.15, 0.2) is 0 Å². The molecule has 2 aromatic rings. The predicted octanol–water partition coefficient (Wildman–Crippen LogP) is 2.95. The first kappa shape index (κ1) is 17.1. The number of aromatic carboxylic acids is 1. The van der Waals surface area contributed by atoms with Crippen molar-refractivity contribution in [2.45, 2.75) is 38.0 Å². The van der Waals surface area contributed by atoms with Crippen molar-refractivity contribution in [1.29, 1.82) is 0 Å². The molecule has 0 saturated heterocycles. The number of carboxylic acids is 1. The van der Waals surface area contributed by atoms with E-state index in [-0.39, 0.29) is 11.5 Å². The molecule has 1 atom stereocenters. The summed E-state index contributed by atoms with van der Waals surface area (Å²) in [5.74, 6) is -0.625. The lowest BCUT2D eigenvalue weighted by molar-refractivity contribution is -0.121. The smallest absolute Gasteiger partial charge is 0.335 e. The van der Waals surface area contributed by atoms with Crippen LogP contribution in [-0.2, 0) is 17.6 Å². The number of rotatable bonds is 6. The van der Waals surface area contributed by atoms with Gasteiger partial charge in [0.05, 0.1) is 5.56 Å². The Morgan fingerprint density at radius 3 is 2.76 bits per heavy atom. The lowest BCUT2D eigenvalue weighted by atomic mass is 9.86. The molecule has 0 fully saturated rings. The first-order valence-corrected chi connectivity index (χ1v) is 8.66. The van der Waals surface area contributed by atoms with E-state index < -0.39 is 5.97 Å². The van der Waals surface area contributed by atoms with Crippen molar-refractivity contribution in [3.05, 3.63) is 65.0 Å². The molecule has 0 bridgehead atoms. The molecule has 1 unspecified atom stereocenters. The molecule has 1 amide bonds. The van der Waals surface area contributed by atoms with Crippen LogP contribution in [0.3, 0.4) is 0 Å². The molecular weight excluding hydrogens is 316 g/mol. The van der Waals surface area contributed by atoms with Gasteiger partial charge in [-0.15, -0.1) is 0 Å². The highest BCUT2D eigenvalue weighted by Gasteiger charge is 2.21. The summed E-state index contributed by atoms with van der Waals surface area (Å²) in [6, 6.07) is 10.8. The number of fused-ring (bicyclic) bond motifs is 1. The number of hydrogen-bond donors (Lipinski definition) is 2. The lowest BCUT2D eigenvalue weighted by Crippen LogP contribution is -2.30. The summed E-state index contributed by atoms with van der Waals surface area (Å²) in [5.41, 5.74) is 3.64. The summed E-state index contributed by atoms with van der Waals surface area (Å²) in [6.07, 6.45) is 6.08. The molecule has 2 N–H and O–H groups in total. The first-order chi connectivity index (χ1) is 12.1. The second-order valence-corrected chi connectivity index (χ2v) is 6.44. The molecule has 1 aliphatic rings. The third-order valence-electron chi connectivity index (χ3n) is 4.70. The Hall–Kier alpha value is -2.69. The van der Waals surface area contributed by atoms with Crippen LogP contribution in [0.1, 0.15) is 52.4 Å². The molecule has 5 nitrogen and oxygen atoms in total. The highest BCUT2D eigenvalue weighted by molar-refractivity contribution is 5.87. The first-order valence-electron chi connectivity index (χ1n) is 8.66. The van der Waals surface area contributed by atoms with Crippen LogP contribution in [0.25, 0.3) is 0 Å². The second kappa shape index (κ2) is 7.92. The Balaban J connectivity index is 1.48. The van der Waals surface area contributed by atoms with Crippen molar-refractivity contribution in [2.24, 2.45) is 0 Å². The van der Waals surface area contributed by atoms with Gasteiger partial charge in [0, 0.05) is 30.8 Å². The highest BCUT2D eigenvalue weighted by Crippen LogP contribution is 2.29. The number of carboxylic acid groups (broad SMARTS) is 1. The minimum atomic E-state index is -0.939. The monoisotopic (exact) mass is 338 g/mol. The number of hydrogen-bond acceptors (Lipinski definition) is 3. The normalized spacial score (nSPS) is 16.1. The summed E-state index contributed by atoms with van der Waals surface area (Å²) in [4.78, 5) is 27.4. The Bertz CT molecular complexity index is 756. The van der Waals surface area contributed by atoms with Gasteiger partial charge in [-0.1, -0.05) is 18.2 Å². The van der Waals surface area contributed by atoms with Crippen LogP contribution in [0.15, 0.2) is 42.6 Å². The van der Waals surface area contributed by atoms with Crippen molar-refractivity contribution in [2.75, 3.05) is 6.54 Å². The summed E-state index contributed by atoms with van der Waals surface area (Å²) < 4.78 is 0. The number of amides is 1. The summed E-state index contributed by atoms with van der Waals surface area (Å²) in [6.45, 7) is 0.626. The molecule has 1 aromatic heterocycles. The van der Waals surface area contributed by atoms with Crippen LogP contribution < -0.4 is 5.32 Å². The molecule has 0 radical (unpaired) electrons. The van der Waals surface area contributed by atoms with Gasteiger partial charge in [-0.05, 0) is 55.0 Å². The molecule has 25 heavy (non-hydrogen) atoms. The molecular formula is C20H22N2O3. The van der Waals surface area contributed by atoms with Gasteiger partial charge in [-0.25, -0.2) is 4.79 Å². The second-order valence-electron chi connectivity index (χ2n) is 6.44. The summed E-state index contributed by atoms with van der Waals surface area (Å²) in [5, 5.41) is 11.9. The van der Waals surface area contributed by atoms with Gasteiger partial charge in [-0.2, -0.15) is 0 Å². The maximum absolute atomic E-state index is 12.1. The van der Waals surface area contributed by atoms with Gasteiger partial charge < -0.3 is 10.4 Å².